The molecule has 1 aliphatic heterocycles. The molecule has 2 atom stereocenters. The normalized spacial score (nSPS) is 32.1. The SMILES string of the molecule is COC1CCCC1NCCN1CCN(C)CC1. The van der Waals surface area contributed by atoms with E-state index in [-0.39, 0.29) is 0 Å². The lowest BCUT2D eigenvalue weighted by molar-refractivity contribution is 0.0828. The van der Waals surface area contributed by atoms with Gasteiger partial charge in [-0.2, -0.15) is 0 Å². The van der Waals surface area contributed by atoms with Gasteiger partial charge in [-0.1, -0.05) is 0 Å². The number of ether oxygens (including phenoxy) is 1. The lowest BCUT2D eigenvalue weighted by atomic mass is 10.2. The van der Waals surface area contributed by atoms with Gasteiger partial charge in [-0.25, -0.2) is 0 Å². The van der Waals surface area contributed by atoms with Crippen LogP contribution in [0.25, 0.3) is 0 Å². The Morgan fingerprint density at radius 3 is 2.65 bits per heavy atom. The van der Waals surface area contributed by atoms with Crippen molar-refractivity contribution in [3.63, 3.8) is 0 Å². The Balaban J connectivity index is 1.59. The Morgan fingerprint density at radius 2 is 1.94 bits per heavy atom. The second-order valence-electron chi connectivity index (χ2n) is 5.41. The smallest absolute Gasteiger partial charge is 0.0724 e. The fourth-order valence-corrected chi connectivity index (χ4v) is 2.92. The van der Waals surface area contributed by atoms with Crippen LogP contribution in [-0.2, 0) is 4.74 Å². The fraction of sp³-hybridized carbons (Fsp3) is 1.00. The van der Waals surface area contributed by atoms with Gasteiger partial charge in [0.25, 0.3) is 0 Å². The molecule has 2 unspecified atom stereocenters. The standard InChI is InChI=1S/C13H27N3O/c1-15-8-10-16(11-9-15)7-6-14-12-4-3-5-13(12)17-2/h12-14H,3-11H2,1-2H3. The highest BCUT2D eigenvalue weighted by molar-refractivity contribution is 4.84. The minimum atomic E-state index is 0.447. The fourth-order valence-electron chi connectivity index (χ4n) is 2.92. The molecule has 1 N–H and O–H groups in total. The van der Waals surface area contributed by atoms with Crippen LogP contribution in [0.4, 0.5) is 0 Å². The highest BCUT2D eigenvalue weighted by Crippen LogP contribution is 2.21. The molecule has 0 amide bonds. The summed E-state index contributed by atoms with van der Waals surface area (Å²) in [6, 6.07) is 0.590. The summed E-state index contributed by atoms with van der Waals surface area (Å²) in [5.74, 6) is 0. The number of nitrogens with zero attached hydrogens (tertiary/aromatic N) is 2. The van der Waals surface area contributed by atoms with E-state index in [1.165, 1.54) is 52.0 Å². The van der Waals surface area contributed by atoms with Gasteiger partial charge in [0.1, 0.15) is 0 Å². The highest BCUT2D eigenvalue weighted by atomic mass is 16.5. The largest absolute Gasteiger partial charge is 0.380 e. The summed E-state index contributed by atoms with van der Waals surface area (Å²) >= 11 is 0. The van der Waals surface area contributed by atoms with Crippen LogP contribution < -0.4 is 5.32 Å². The van der Waals surface area contributed by atoms with E-state index in [0.717, 1.165) is 6.54 Å². The first-order valence-corrected chi connectivity index (χ1v) is 6.96. The third-order valence-electron chi connectivity index (χ3n) is 4.19. The molecule has 4 heteroatoms. The van der Waals surface area contributed by atoms with Crippen molar-refractivity contribution in [3.8, 4) is 0 Å². The zero-order chi connectivity index (χ0) is 12.1. The van der Waals surface area contributed by atoms with Gasteiger partial charge < -0.3 is 15.0 Å². The van der Waals surface area contributed by atoms with Crippen LogP contribution in [0, 0.1) is 0 Å². The van der Waals surface area contributed by atoms with E-state index in [2.05, 4.69) is 22.2 Å². The summed E-state index contributed by atoms with van der Waals surface area (Å²) in [6.45, 7) is 7.15. The summed E-state index contributed by atoms with van der Waals surface area (Å²) in [5.41, 5.74) is 0. The van der Waals surface area contributed by atoms with Crippen LogP contribution in [-0.4, -0.2) is 75.4 Å². The topological polar surface area (TPSA) is 27.7 Å². The molecule has 2 fully saturated rings. The Labute approximate surface area is 105 Å². The van der Waals surface area contributed by atoms with E-state index in [1.54, 1.807) is 0 Å². The zero-order valence-electron chi connectivity index (χ0n) is 11.3. The molecule has 1 saturated carbocycles. The molecule has 1 heterocycles. The van der Waals surface area contributed by atoms with Crippen LogP contribution in [0.2, 0.25) is 0 Å². The van der Waals surface area contributed by atoms with Gasteiger partial charge in [0.15, 0.2) is 0 Å². The predicted octanol–water partition coefficient (Wildman–Crippen LogP) is 0.391. The van der Waals surface area contributed by atoms with Crippen molar-refractivity contribution in [2.24, 2.45) is 0 Å². The molecule has 1 saturated heterocycles. The molecule has 0 radical (unpaired) electrons. The quantitative estimate of drug-likeness (QED) is 0.754. The molecular weight excluding hydrogens is 214 g/mol. The van der Waals surface area contributed by atoms with E-state index in [1.807, 2.05) is 7.11 Å². The molecule has 0 aromatic rings. The minimum absolute atomic E-state index is 0.447. The van der Waals surface area contributed by atoms with Gasteiger partial charge in [-0.05, 0) is 26.3 Å². The number of methoxy groups -OCH3 is 1. The van der Waals surface area contributed by atoms with Crippen LogP contribution in [0.1, 0.15) is 19.3 Å². The average molecular weight is 241 g/mol. The maximum atomic E-state index is 5.50. The van der Waals surface area contributed by atoms with Gasteiger partial charge >= 0.3 is 0 Å². The second kappa shape index (κ2) is 6.69. The van der Waals surface area contributed by atoms with Gasteiger partial charge in [0.05, 0.1) is 6.10 Å². The molecule has 2 aliphatic rings. The first-order valence-electron chi connectivity index (χ1n) is 6.96. The van der Waals surface area contributed by atoms with Crippen molar-refractivity contribution in [3.05, 3.63) is 0 Å². The van der Waals surface area contributed by atoms with Crippen molar-refractivity contribution in [1.29, 1.82) is 0 Å². The number of hydrogen-bond acceptors (Lipinski definition) is 4. The lowest BCUT2D eigenvalue weighted by Crippen LogP contribution is -2.48. The average Bonchev–Trinajstić information content (AvgIpc) is 2.79. The van der Waals surface area contributed by atoms with Crippen LogP contribution >= 0.6 is 0 Å². The molecule has 0 aromatic heterocycles. The first kappa shape index (κ1) is 13.3. The van der Waals surface area contributed by atoms with Crippen molar-refractivity contribution >= 4 is 0 Å². The van der Waals surface area contributed by atoms with Crippen LogP contribution in [0.3, 0.4) is 0 Å². The first-order chi connectivity index (χ1) is 8.29. The van der Waals surface area contributed by atoms with Gasteiger partial charge in [-0.15, -0.1) is 0 Å². The maximum absolute atomic E-state index is 5.50. The van der Waals surface area contributed by atoms with E-state index in [0.29, 0.717) is 12.1 Å². The minimum Gasteiger partial charge on any atom is -0.380 e. The molecule has 1 aliphatic carbocycles. The van der Waals surface area contributed by atoms with Crippen molar-refractivity contribution in [1.82, 2.24) is 15.1 Å². The van der Waals surface area contributed by atoms with E-state index in [9.17, 15) is 0 Å². The van der Waals surface area contributed by atoms with Crippen LogP contribution in [0.5, 0.6) is 0 Å². The molecule has 0 bridgehead atoms. The molecule has 100 valence electrons. The Bertz CT molecular complexity index is 217. The maximum Gasteiger partial charge on any atom is 0.0724 e. The predicted molar refractivity (Wildman–Crippen MR) is 70.4 cm³/mol. The van der Waals surface area contributed by atoms with Gasteiger partial charge in [-0.3, -0.25) is 4.90 Å². The zero-order valence-corrected chi connectivity index (χ0v) is 11.3. The number of rotatable bonds is 5. The summed E-state index contributed by atoms with van der Waals surface area (Å²) in [5, 5.41) is 3.66. The molecule has 17 heavy (non-hydrogen) atoms. The Morgan fingerprint density at radius 1 is 1.18 bits per heavy atom. The molecule has 0 spiro atoms. The second-order valence-corrected chi connectivity index (χ2v) is 5.41. The van der Waals surface area contributed by atoms with E-state index in [4.69, 9.17) is 4.74 Å². The number of nitrogens with one attached hydrogen (secondary N) is 1. The molecule has 2 rings (SSSR count). The van der Waals surface area contributed by atoms with Gasteiger partial charge in [0, 0.05) is 52.4 Å². The summed E-state index contributed by atoms with van der Waals surface area (Å²) in [4.78, 5) is 4.96. The van der Waals surface area contributed by atoms with Crippen molar-refractivity contribution in [2.45, 2.75) is 31.4 Å². The lowest BCUT2D eigenvalue weighted by Gasteiger charge is -2.32. The summed E-state index contributed by atoms with van der Waals surface area (Å²) in [7, 11) is 4.04. The van der Waals surface area contributed by atoms with Crippen molar-refractivity contribution in [2.75, 3.05) is 53.4 Å². The number of hydrogen-bond donors (Lipinski definition) is 1. The van der Waals surface area contributed by atoms with Gasteiger partial charge in [0.2, 0.25) is 0 Å². The highest BCUT2D eigenvalue weighted by Gasteiger charge is 2.26. The Hall–Kier alpha value is -0.160. The third-order valence-corrected chi connectivity index (χ3v) is 4.19. The molecular formula is C13H27N3O. The molecule has 0 aromatic carbocycles. The summed E-state index contributed by atoms with van der Waals surface area (Å²) < 4.78 is 5.50. The third kappa shape index (κ3) is 3.91. The van der Waals surface area contributed by atoms with Crippen molar-refractivity contribution < 1.29 is 4.74 Å². The summed E-state index contributed by atoms with van der Waals surface area (Å²) in [6.07, 6.45) is 4.26. The van der Waals surface area contributed by atoms with E-state index < -0.39 is 0 Å². The molecule has 4 nitrogen and oxygen atoms in total. The number of piperazine rings is 1. The van der Waals surface area contributed by atoms with Crippen LogP contribution in [0.15, 0.2) is 0 Å². The number of likely N-dealkylation sites (N-methyl/N-ethyl adjacent to an activating group) is 1. The van der Waals surface area contributed by atoms with E-state index >= 15 is 0 Å². The monoisotopic (exact) mass is 241 g/mol. The Kier molecular flexibility index (Phi) is 5.22.